The van der Waals surface area contributed by atoms with E-state index in [1.165, 1.54) is 5.56 Å². The normalized spacial score (nSPS) is 10.8. The Balaban J connectivity index is 2.37. The Morgan fingerprint density at radius 3 is 2.63 bits per heavy atom. The maximum atomic E-state index is 6.04. The highest BCUT2D eigenvalue weighted by Crippen LogP contribution is 2.29. The van der Waals surface area contributed by atoms with Crippen molar-refractivity contribution in [2.24, 2.45) is 12.8 Å². The molecular formula is C15H21N3O. The molecule has 102 valence electrons. The Morgan fingerprint density at radius 1 is 1.26 bits per heavy atom. The van der Waals surface area contributed by atoms with Crippen LogP contribution in [0, 0.1) is 20.8 Å². The minimum atomic E-state index is 0.593. The van der Waals surface area contributed by atoms with Gasteiger partial charge in [0.1, 0.15) is 5.75 Å². The number of aromatic nitrogens is 2. The molecule has 2 aromatic rings. The summed E-state index contributed by atoms with van der Waals surface area (Å²) in [6, 6.07) is 6.16. The second kappa shape index (κ2) is 5.45. The van der Waals surface area contributed by atoms with Gasteiger partial charge in [-0.15, -0.1) is 0 Å². The third-order valence-electron chi connectivity index (χ3n) is 3.22. The van der Waals surface area contributed by atoms with Gasteiger partial charge in [0, 0.05) is 12.6 Å². The molecule has 0 aliphatic rings. The Labute approximate surface area is 114 Å². The van der Waals surface area contributed by atoms with Crippen molar-refractivity contribution in [3.05, 3.63) is 40.6 Å². The third-order valence-corrected chi connectivity index (χ3v) is 3.22. The quantitative estimate of drug-likeness (QED) is 0.918. The van der Waals surface area contributed by atoms with Crippen LogP contribution in [0.2, 0.25) is 0 Å². The zero-order valence-electron chi connectivity index (χ0n) is 12.0. The molecule has 0 amide bonds. The topological polar surface area (TPSA) is 53.1 Å². The molecule has 2 rings (SSSR count). The van der Waals surface area contributed by atoms with Gasteiger partial charge in [0.25, 0.3) is 0 Å². The summed E-state index contributed by atoms with van der Waals surface area (Å²) in [6.45, 7) is 6.70. The second-order valence-corrected chi connectivity index (χ2v) is 4.90. The van der Waals surface area contributed by atoms with Gasteiger partial charge in [-0.1, -0.05) is 17.7 Å². The van der Waals surface area contributed by atoms with Gasteiger partial charge in [0.2, 0.25) is 5.88 Å². The van der Waals surface area contributed by atoms with E-state index in [9.17, 15) is 0 Å². The molecule has 1 aromatic carbocycles. The van der Waals surface area contributed by atoms with Gasteiger partial charge in [0.15, 0.2) is 0 Å². The first-order chi connectivity index (χ1) is 9.02. The molecule has 0 unspecified atom stereocenters. The van der Waals surface area contributed by atoms with E-state index in [2.05, 4.69) is 18.1 Å². The molecule has 0 aliphatic heterocycles. The van der Waals surface area contributed by atoms with E-state index < -0.39 is 0 Å². The largest absolute Gasteiger partial charge is 0.439 e. The minimum absolute atomic E-state index is 0.593. The van der Waals surface area contributed by atoms with Crippen molar-refractivity contribution >= 4 is 0 Å². The Bertz CT molecular complexity index is 587. The van der Waals surface area contributed by atoms with Crippen LogP contribution in [-0.2, 0) is 13.5 Å². The summed E-state index contributed by atoms with van der Waals surface area (Å²) in [6.07, 6.45) is 0.778. The van der Waals surface area contributed by atoms with Crippen LogP contribution < -0.4 is 10.5 Å². The van der Waals surface area contributed by atoms with Crippen LogP contribution >= 0.6 is 0 Å². The van der Waals surface area contributed by atoms with E-state index in [1.54, 1.807) is 4.68 Å². The summed E-state index contributed by atoms with van der Waals surface area (Å²) in [5.41, 5.74) is 10.1. The number of hydrogen-bond acceptors (Lipinski definition) is 3. The molecule has 4 heteroatoms. The predicted octanol–water partition coefficient (Wildman–Crippen LogP) is 2.64. The maximum absolute atomic E-state index is 6.04. The number of benzene rings is 1. The molecule has 4 nitrogen and oxygen atoms in total. The van der Waals surface area contributed by atoms with E-state index in [4.69, 9.17) is 10.5 Å². The van der Waals surface area contributed by atoms with E-state index >= 15 is 0 Å². The molecule has 0 saturated carbocycles. The van der Waals surface area contributed by atoms with E-state index in [0.717, 1.165) is 34.9 Å². The molecule has 0 aliphatic carbocycles. The molecule has 0 saturated heterocycles. The first-order valence-electron chi connectivity index (χ1n) is 6.50. The lowest BCUT2D eigenvalue weighted by Crippen LogP contribution is -2.05. The standard InChI is InChI=1S/C15H21N3O/c1-10-5-6-14(11(2)9-10)19-15-13(7-8-16)12(3)17-18(15)4/h5-6,9H,7-8,16H2,1-4H3. The Hall–Kier alpha value is -1.81. The highest BCUT2D eigenvalue weighted by molar-refractivity contribution is 5.41. The van der Waals surface area contributed by atoms with Crippen LogP contribution in [0.15, 0.2) is 18.2 Å². The molecule has 0 spiro atoms. The lowest BCUT2D eigenvalue weighted by molar-refractivity contribution is 0.423. The van der Waals surface area contributed by atoms with Crippen molar-refractivity contribution in [2.45, 2.75) is 27.2 Å². The molecule has 0 radical (unpaired) electrons. The lowest BCUT2D eigenvalue weighted by Gasteiger charge is -2.11. The minimum Gasteiger partial charge on any atom is -0.439 e. The van der Waals surface area contributed by atoms with Crippen LogP contribution in [0.3, 0.4) is 0 Å². The highest BCUT2D eigenvalue weighted by atomic mass is 16.5. The molecule has 2 N–H and O–H groups in total. The fraction of sp³-hybridized carbons (Fsp3) is 0.400. The van der Waals surface area contributed by atoms with E-state index in [1.807, 2.05) is 33.0 Å². The first-order valence-corrected chi connectivity index (χ1v) is 6.50. The van der Waals surface area contributed by atoms with Crippen molar-refractivity contribution in [3.63, 3.8) is 0 Å². The average Bonchev–Trinajstić information content (AvgIpc) is 2.60. The van der Waals surface area contributed by atoms with Gasteiger partial charge in [-0.3, -0.25) is 0 Å². The predicted molar refractivity (Wildman–Crippen MR) is 76.7 cm³/mol. The molecule has 19 heavy (non-hydrogen) atoms. The van der Waals surface area contributed by atoms with E-state index in [-0.39, 0.29) is 0 Å². The van der Waals surface area contributed by atoms with Crippen molar-refractivity contribution in [1.82, 2.24) is 9.78 Å². The van der Waals surface area contributed by atoms with Crippen molar-refractivity contribution < 1.29 is 4.74 Å². The number of rotatable bonds is 4. The average molecular weight is 259 g/mol. The smallest absolute Gasteiger partial charge is 0.221 e. The summed E-state index contributed by atoms with van der Waals surface area (Å²) >= 11 is 0. The number of nitrogens with zero attached hydrogens (tertiary/aromatic N) is 2. The van der Waals surface area contributed by atoms with Gasteiger partial charge >= 0.3 is 0 Å². The van der Waals surface area contributed by atoms with Gasteiger partial charge in [-0.05, 0) is 45.4 Å². The fourth-order valence-corrected chi connectivity index (χ4v) is 2.26. The molecule has 0 atom stereocenters. The van der Waals surface area contributed by atoms with Crippen LogP contribution in [-0.4, -0.2) is 16.3 Å². The Morgan fingerprint density at radius 2 is 2.00 bits per heavy atom. The monoisotopic (exact) mass is 259 g/mol. The van der Waals surface area contributed by atoms with Gasteiger partial charge in [-0.25, -0.2) is 4.68 Å². The Kier molecular flexibility index (Phi) is 3.90. The van der Waals surface area contributed by atoms with Gasteiger partial charge in [0.05, 0.1) is 5.69 Å². The number of hydrogen-bond donors (Lipinski definition) is 1. The van der Waals surface area contributed by atoms with Crippen molar-refractivity contribution in [1.29, 1.82) is 0 Å². The van der Waals surface area contributed by atoms with Crippen molar-refractivity contribution in [3.8, 4) is 11.6 Å². The van der Waals surface area contributed by atoms with Crippen molar-refractivity contribution in [2.75, 3.05) is 6.54 Å². The number of ether oxygens (including phenoxy) is 1. The van der Waals surface area contributed by atoms with E-state index in [0.29, 0.717) is 6.54 Å². The number of nitrogens with two attached hydrogens (primary N) is 1. The SMILES string of the molecule is Cc1ccc(Oc2c(CCN)c(C)nn2C)c(C)c1. The fourth-order valence-electron chi connectivity index (χ4n) is 2.26. The maximum Gasteiger partial charge on any atom is 0.221 e. The zero-order chi connectivity index (χ0) is 14.0. The summed E-state index contributed by atoms with van der Waals surface area (Å²) < 4.78 is 7.82. The molecule has 1 heterocycles. The second-order valence-electron chi connectivity index (χ2n) is 4.90. The van der Waals surface area contributed by atoms with Crippen LogP contribution in [0.25, 0.3) is 0 Å². The van der Waals surface area contributed by atoms with Gasteiger partial charge in [-0.2, -0.15) is 5.10 Å². The zero-order valence-corrected chi connectivity index (χ0v) is 12.0. The summed E-state index contributed by atoms with van der Waals surface area (Å²) in [7, 11) is 1.89. The van der Waals surface area contributed by atoms with Crippen LogP contribution in [0.1, 0.15) is 22.4 Å². The third kappa shape index (κ3) is 2.79. The molecular weight excluding hydrogens is 238 g/mol. The molecule has 0 fully saturated rings. The number of aryl methyl sites for hydroxylation is 4. The van der Waals surface area contributed by atoms with Crippen LogP contribution in [0.5, 0.6) is 11.6 Å². The summed E-state index contributed by atoms with van der Waals surface area (Å²) in [4.78, 5) is 0. The summed E-state index contributed by atoms with van der Waals surface area (Å²) in [5.74, 6) is 1.65. The highest BCUT2D eigenvalue weighted by Gasteiger charge is 2.15. The summed E-state index contributed by atoms with van der Waals surface area (Å²) in [5, 5.41) is 4.41. The first kappa shape index (κ1) is 13.6. The lowest BCUT2D eigenvalue weighted by atomic mass is 10.1. The molecule has 0 bridgehead atoms. The molecule has 1 aromatic heterocycles. The van der Waals surface area contributed by atoms with Crippen LogP contribution in [0.4, 0.5) is 0 Å². The van der Waals surface area contributed by atoms with Gasteiger partial charge < -0.3 is 10.5 Å².